The van der Waals surface area contributed by atoms with E-state index in [1.165, 1.54) is 29.8 Å². The maximum Gasteiger partial charge on any atom is 0.0583 e. The van der Waals surface area contributed by atoms with Gasteiger partial charge in [-0.3, -0.25) is 0 Å². The number of benzene rings is 1. The molecule has 0 saturated heterocycles. The molecule has 1 aliphatic heterocycles. The largest absolute Gasteiger partial charge is 0.381 e. The van der Waals surface area contributed by atoms with Gasteiger partial charge in [0.05, 0.1) is 16.9 Å². The van der Waals surface area contributed by atoms with Gasteiger partial charge in [0.25, 0.3) is 0 Å². The molecule has 1 atom stereocenters. The maximum atomic E-state index is 3.71. The molecule has 1 aromatic rings. The lowest BCUT2D eigenvalue weighted by Gasteiger charge is -2.38. The highest BCUT2D eigenvalue weighted by Gasteiger charge is 2.43. The Balaban J connectivity index is 1.94. The second kappa shape index (κ2) is 2.91. The van der Waals surface area contributed by atoms with Gasteiger partial charge in [0, 0.05) is 6.54 Å². The van der Waals surface area contributed by atoms with Crippen LogP contribution >= 0.6 is 0 Å². The Morgan fingerprint density at radius 3 is 2.80 bits per heavy atom. The number of hydrogen-bond donors (Lipinski definition) is 2. The van der Waals surface area contributed by atoms with Gasteiger partial charge in [0.2, 0.25) is 0 Å². The quantitative estimate of drug-likeness (QED) is 0.731. The Kier molecular flexibility index (Phi) is 1.76. The van der Waals surface area contributed by atoms with E-state index in [2.05, 4.69) is 42.7 Å². The molecule has 2 heteroatoms. The van der Waals surface area contributed by atoms with Gasteiger partial charge in [-0.25, -0.2) is 0 Å². The molecule has 1 aromatic carbocycles. The van der Waals surface area contributed by atoms with Crippen molar-refractivity contribution in [1.29, 1.82) is 0 Å². The predicted octanol–water partition coefficient (Wildman–Crippen LogP) is 3.00. The lowest BCUT2D eigenvalue weighted by Crippen LogP contribution is -2.47. The Labute approximate surface area is 91.1 Å². The minimum atomic E-state index is 0.265. The Morgan fingerprint density at radius 2 is 2.07 bits per heavy atom. The molecule has 0 amide bonds. The Hall–Kier alpha value is -1.18. The summed E-state index contributed by atoms with van der Waals surface area (Å²) in [5.74, 6) is 0.860. The molecule has 80 valence electrons. The summed E-state index contributed by atoms with van der Waals surface area (Å²) in [5, 5.41) is 7.25. The van der Waals surface area contributed by atoms with Gasteiger partial charge in [-0.05, 0) is 50.3 Å². The van der Waals surface area contributed by atoms with Crippen LogP contribution in [0, 0.1) is 12.8 Å². The highest BCUT2D eigenvalue weighted by molar-refractivity contribution is 5.73. The molecule has 1 saturated carbocycles. The van der Waals surface area contributed by atoms with E-state index in [1.807, 2.05) is 0 Å². The summed E-state index contributed by atoms with van der Waals surface area (Å²) in [7, 11) is 0. The fourth-order valence-electron chi connectivity index (χ4n) is 2.51. The predicted molar refractivity (Wildman–Crippen MR) is 64.4 cm³/mol. The van der Waals surface area contributed by atoms with Crippen LogP contribution in [0.1, 0.15) is 25.3 Å². The van der Waals surface area contributed by atoms with Crippen molar-refractivity contribution < 1.29 is 0 Å². The summed E-state index contributed by atoms with van der Waals surface area (Å²) >= 11 is 0. The van der Waals surface area contributed by atoms with Gasteiger partial charge < -0.3 is 10.6 Å². The third-order valence-electron chi connectivity index (χ3n) is 3.72. The topological polar surface area (TPSA) is 24.1 Å². The van der Waals surface area contributed by atoms with Gasteiger partial charge in [-0.15, -0.1) is 0 Å². The van der Waals surface area contributed by atoms with Crippen molar-refractivity contribution in [3.05, 3.63) is 23.8 Å². The second-order valence-corrected chi connectivity index (χ2v) is 5.22. The standard InChI is InChI=1S/C13H18N2/c1-9-3-6-11-12(7-9)15-13(2,8-14-11)10-4-5-10/h3,6-7,10,14-15H,4-5,8H2,1-2H3. The third-order valence-corrected chi connectivity index (χ3v) is 3.72. The summed E-state index contributed by atoms with van der Waals surface area (Å²) in [6.45, 7) is 5.53. The normalized spacial score (nSPS) is 28.9. The minimum absolute atomic E-state index is 0.265. The lowest BCUT2D eigenvalue weighted by molar-refractivity contribution is 0.466. The van der Waals surface area contributed by atoms with E-state index in [9.17, 15) is 0 Å². The van der Waals surface area contributed by atoms with Crippen molar-refractivity contribution in [2.24, 2.45) is 5.92 Å². The zero-order valence-corrected chi connectivity index (χ0v) is 9.43. The lowest BCUT2D eigenvalue weighted by atomic mass is 9.92. The molecule has 1 heterocycles. The Morgan fingerprint density at radius 1 is 1.27 bits per heavy atom. The van der Waals surface area contributed by atoms with Crippen LogP contribution in [0.2, 0.25) is 0 Å². The Bertz CT molecular complexity index is 396. The summed E-state index contributed by atoms with van der Waals surface area (Å²) in [4.78, 5) is 0. The summed E-state index contributed by atoms with van der Waals surface area (Å²) < 4.78 is 0. The van der Waals surface area contributed by atoms with Crippen LogP contribution in [0.3, 0.4) is 0 Å². The molecule has 15 heavy (non-hydrogen) atoms. The highest BCUT2D eigenvalue weighted by atomic mass is 15.1. The average molecular weight is 202 g/mol. The van der Waals surface area contributed by atoms with Crippen molar-refractivity contribution in [2.75, 3.05) is 17.2 Å². The van der Waals surface area contributed by atoms with Crippen molar-refractivity contribution in [3.63, 3.8) is 0 Å². The highest BCUT2D eigenvalue weighted by Crippen LogP contribution is 2.44. The van der Waals surface area contributed by atoms with Crippen molar-refractivity contribution >= 4 is 11.4 Å². The molecule has 0 spiro atoms. The number of fused-ring (bicyclic) bond motifs is 1. The third kappa shape index (κ3) is 1.48. The smallest absolute Gasteiger partial charge is 0.0583 e. The van der Waals surface area contributed by atoms with Gasteiger partial charge in [-0.2, -0.15) is 0 Å². The first-order valence-corrected chi connectivity index (χ1v) is 5.80. The molecular weight excluding hydrogens is 184 g/mol. The number of rotatable bonds is 1. The van der Waals surface area contributed by atoms with Crippen molar-refractivity contribution in [3.8, 4) is 0 Å². The van der Waals surface area contributed by atoms with Gasteiger partial charge >= 0.3 is 0 Å². The number of anilines is 2. The molecule has 0 aromatic heterocycles. The van der Waals surface area contributed by atoms with Crippen LogP contribution in [-0.4, -0.2) is 12.1 Å². The zero-order chi connectivity index (χ0) is 10.5. The van der Waals surface area contributed by atoms with E-state index in [-0.39, 0.29) is 5.54 Å². The first-order valence-electron chi connectivity index (χ1n) is 5.80. The molecule has 3 rings (SSSR count). The molecule has 2 N–H and O–H groups in total. The molecule has 1 unspecified atom stereocenters. The van der Waals surface area contributed by atoms with Crippen LogP contribution in [0.5, 0.6) is 0 Å². The van der Waals surface area contributed by atoms with Crippen LogP contribution in [-0.2, 0) is 0 Å². The van der Waals surface area contributed by atoms with Gasteiger partial charge in [-0.1, -0.05) is 6.07 Å². The van der Waals surface area contributed by atoms with Gasteiger partial charge in [0.15, 0.2) is 0 Å². The fourth-order valence-corrected chi connectivity index (χ4v) is 2.51. The van der Waals surface area contributed by atoms with E-state index in [0.29, 0.717) is 0 Å². The first kappa shape index (κ1) is 9.08. The SMILES string of the molecule is Cc1ccc2c(c1)NC(C)(C1CC1)CN2. The van der Waals surface area contributed by atoms with Crippen LogP contribution in [0.25, 0.3) is 0 Å². The fraction of sp³-hybridized carbons (Fsp3) is 0.538. The summed E-state index contributed by atoms with van der Waals surface area (Å²) in [6, 6.07) is 6.57. The minimum Gasteiger partial charge on any atom is -0.381 e. The van der Waals surface area contributed by atoms with Gasteiger partial charge in [0.1, 0.15) is 0 Å². The number of aryl methyl sites for hydroxylation is 1. The van der Waals surface area contributed by atoms with Crippen LogP contribution < -0.4 is 10.6 Å². The molecule has 2 aliphatic rings. The molecule has 1 aliphatic carbocycles. The molecule has 0 bridgehead atoms. The van der Waals surface area contributed by atoms with Crippen molar-refractivity contribution in [2.45, 2.75) is 32.2 Å². The molecule has 2 nitrogen and oxygen atoms in total. The monoisotopic (exact) mass is 202 g/mol. The van der Waals surface area contributed by atoms with Crippen LogP contribution in [0.4, 0.5) is 11.4 Å². The van der Waals surface area contributed by atoms with E-state index in [1.54, 1.807) is 0 Å². The summed E-state index contributed by atoms with van der Waals surface area (Å²) in [6.07, 6.45) is 2.76. The molecular formula is C13H18N2. The van der Waals surface area contributed by atoms with E-state index >= 15 is 0 Å². The number of hydrogen-bond acceptors (Lipinski definition) is 2. The first-order chi connectivity index (χ1) is 7.17. The van der Waals surface area contributed by atoms with E-state index < -0.39 is 0 Å². The maximum absolute atomic E-state index is 3.71. The summed E-state index contributed by atoms with van der Waals surface area (Å²) in [5.41, 5.74) is 4.11. The second-order valence-electron chi connectivity index (χ2n) is 5.22. The van der Waals surface area contributed by atoms with E-state index in [4.69, 9.17) is 0 Å². The zero-order valence-electron chi connectivity index (χ0n) is 9.43. The van der Waals surface area contributed by atoms with Crippen LogP contribution in [0.15, 0.2) is 18.2 Å². The molecule has 0 radical (unpaired) electrons. The average Bonchev–Trinajstić information content (AvgIpc) is 3.00. The molecule has 1 fully saturated rings. The van der Waals surface area contributed by atoms with E-state index in [0.717, 1.165) is 12.5 Å². The number of nitrogens with one attached hydrogen (secondary N) is 2. The van der Waals surface area contributed by atoms with Crippen molar-refractivity contribution in [1.82, 2.24) is 0 Å².